The summed E-state index contributed by atoms with van der Waals surface area (Å²) in [5, 5.41) is 12.0. The molecule has 0 aliphatic carbocycles. The number of hydrogen-bond donors (Lipinski definition) is 2. The first kappa shape index (κ1) is 13.3. The highest BCUT2D eigenvalue weighted by atomic mass is 32.2. The van der Waals surface area contributed by atoms with Gasteiger partial charge >= 0.3 is 5.97 Å². The van der Waals surface area contributed by atoms with Gasteiger partial charge in [0.15, 0.2) is 15.0 Å². The Balaban J connectivity index is 2.87. The van der Waals surface area contributed by atoms with E-state index in [2.05, 4.69) is 19.4 Å². The number of nitrogen functional groups attached to an aromatic ring is 1. The van der Waals surface area contributed by atoms with E-state index in [4.69, 9.17) is 10.8 Å². The summed E-state index contributed by atoms with van der Waals surface area (Å²) in [4.78, 5) is 18.8. The Morgan fingerprint density at radius 3 is 2.71 bits per heavy atom. The topological polar surface area (TPSA) is 145 Å². The van der Waals surface area contributed by atoms with Crippen molar-refractivity contribution in [2.45, 2.75) is 0 Å². The molecule has 0 unspecified atom stereocenters. The van der Waals surface area contributed by atoms with Crippen LogP contribution in [0.15, 0.2) is 5.16 Å². The van der Waals surface area contributed by atoms with Crippen LogP contribution in [-0.2, 0) is 19.5 Å². The van der Waals surface area contributed by atoms with E-state index < -0.39 is 27.5 Å². The number of oxime groups is 1. The molecule has 1 aromatic rings. The SMILES string of the molecule is CS(=O)(=O)CON=C(C(=O)O)c1nsc(N)n1. The van der Waals surface area contributed by atoms with Gasteiger partial charge in [0.05, 0.1) is 0 Å². The molecule has 0 spiro atoms. The number of aromatic nitrogens is 2. The highest BCUT2D eigenvalue weighted by Gasteiger charge is 2.19. The molecule has 94 valence electrons. The maximum atomic E-state index is 10.8. The van der Waals surface area contributed by atoms with Gasteiger partial charge in [0.25, 0.3) is 0 Å². The standard InChI is InChI=1S/C6H8N4O5S2/c1-17(13,14)2-15-9-3(5(11)12)4-8-6(7)16-10-4/h2H2,1H3,(H,11,12)(H2,7,8,10). The Morgan fingerprint density at radius 2 is 2.29 bits per heavy atom. The summed E-state index contributed by atoms with van der Waals surface area (Å²) in [6.45, 7) is 0. The molecule has 1 rings (SSSR count). The van der Waals surface area contributed by atoms with Gasteiger partial charge in [0, 0.05) is 17.8 Å². The number of hydrogen-bond acceptors (Lipinski definition) is 9. The molecule has 0 aromatic carbocycles. The van der Waals surface area contributed by atoms with Crippen molar-refractivity contribution in [2.24, 2.45) is 5.16 Å². The largest absolute Gasteiger partial charge is 0.476 e. The molecule has 9 nitrogen and oxygen atoms in total. The zero-order valence-corrected chi connectivity index (χ0v) is 10.2. The second kappa shape index (κ2) is 5.05. The summed E-state index contributed by atoms with van der Waals surface area (Å²) in [7, 11) is -3.41. The van der Waals surface area contributed by atoms with E-state index >= 15 is 0 Å². The predicted octanol–water partition coefficient (Wildman–Crippen LogP) is -1.07. The first-order chi connectivity index (χ1) is 7.79. The molecule has 3 N–H and O–H groups in total. The molecule has 0 radical (unpaired) electrons. The third-order valence-corrected chi connectivity index (χ3v) is 2.35. The number of nitrogens with zero attached hydrogens (tertiary/aromatic N) is 3. The lowest BCUT2D eigenvalue weighted by molar-refractivity contribution is -0.129. The van der Waals surface area contributed by atoms with Gasteiger partial charge in [-0.05, 0) is 0 Å². The molecular formula is C6H8N4O5S2. The number of carboxylic acids is 1. The summed E-state index contributed by atoms with van der Waals surface area (Å²) >= 11 is 0.788. The minimum Gasteiger partial charge on any atom is -0.476 e. The second-order valence-corrected chi connectivity index (χ2v) is 5.74. The normalized spacial score (nSPS) is 12.4. The quantitative estimate of drug-likeness (QED) is 0.512. The molecule has 0 amide bonds. The smallest absolute Gasteiger partial charge is 0.362 e. The third kappa shape index (κ3) is 4.32. The number of rotatable bonds is 5. The molecule has 0 aliphatic heterocycles. The molecular weight excluding hydrogens is 272 g/mol. The van der Waals surface area contributed by atoms with Crippen LogP contribution < -0.4 is 5.73 Å². The van der Waals surface area contributed by atoms with Crippen molar-refractivity contribution in [3.05, 3.63) is 5.82 Å². The van der Waals surface area contributed by atoms with E-state index in [1.165, 1.54) is 0 Å². The summed E-state index contributed by atoms with van der Waals surface area (Å²) in [5.74, 6) is -2.41. The highest BCUT2D eigenvalue weighted by molar-refractivity contribution is 7.90. The van der Waals surface area contributed by atoms with Crippen LogP contribution in [0.4, 0.5) is 5.13 Å². The van der Waals surface area contributed by atoms with Gasteiger partial charge in [-0.2, -0.15) is 9.36 Å². The molecule has 0 bridgehead atoms. The molecule has 0 aliphatic rings. The van der Waals surface area contributed by atoms with Crippen LogP contribution in [0.25, 0.3) is 0 Å². The number of carboxylic acid groups (broad SMARTS) is 1. The van der Waals surface area contributed by atoms with Crippen LogP contribution in [0, 0.1) is 0 Å². The minimum absolute atomic E-state index is 0.0667. The lowest BCUT2D eigenvalue weighted by Gasteiger charge is -1.98. The number of aliphatic carboxylic acids is 1. The van der Waals surface area contributed by atoms with Crippen molar-refractivity contribution >= 4 is 38.2 Å². The van der Waals surface area contributed by atoms with Crippen molar-refractivity contribution in [3.63, 3.8) is 0 Å². The molecule has 0 fully saturated rings. The Kier molecular flexibility index (Phi) is 3.96. The van der Waals surface area contributed by atoms with Crippen LogP contribution in [0.1, 0.15) is 5.82 Å². The maximum absolute atomic E-state index is 10.8. The lowest BCUT2D eigenvalue weighted by atomic mass is 10.4. The number of anilines is 1. The van der Waals surface area contributed by atoms with E-state index in [0.29, 0.717) is 0 Å². The van der Waals surface area contributed by atoms with E-state index in [1.54, 1.807) is 0 Å². The first-order valence-electron chi connectivity index (χ1n) is 4.00. The fourth-order valence-electron chi connectivity index (χ4n) is 0.694. The van der Waals surface area contributed by atoms with Gasteiger partial charge in [-0.15, -0.1) is 0 Å². The van der Waals surface area contributed by atoms with Crippen LogP contribution in [0.2, 0.25) is 0 Å². The Bertz CT molecular complexity index is 549. The Morgan fingerprint density at radius 1 is 1.65 bits per heavy atom. The highest BCUT2D eigenvalue weighted by Crippen LogP contribution is 2.07. The van der Waals surface area contributed by atoms with E-state index in [-0.39, 0.29) is 11.0 Å². The number of nitrogens with two attached hydrogens (primary N) is 1. The zero-order valence-electron chi connectivity index (χ0n) is 8.52. The third-order valence-electron chi connectivity index (χ3n) is 1.28. The monoisotopic (exact) mass is 280 g/mol. The second-order valence-electron chi connectivity index (χ2n) is 2.87. The van der Waals surface area contributed by atoms with Crippen LogP contribution >= 0.6 is 11.5 Å². The van der Waals surface area contributed by atoms with Crippen molar-refractivity contribution < 1.29 is 23.2 Å². The summed E-state index contributed by atoms with van der Waals surface area (Å²) in [6, 6.07) is 0. The fraction of sp³-hybridized carbons (Fsp3) is 0.333. The molecule has 0 saturated heterocycles. The molecule has 1 aromatic heterocycles. The molecule has 0 saturated carbocycles. The average Bonchev–Trinajstić information content (AvgIpc) is 2.57. The van der Waals surface area contributed by atoms with E-state index in [0.717, 1.165) is 17.8 Å². The fourth-order valence-corrected chi connectivity index (χ4v) is 1.37. The number of sulfone groups is 1. The molecule has 11 heteroatoms. The van der Waals surface area contributed by atoms with Crippen molar-refractivity contribution in [1.29, 1.82) is 0 Å². The van der Waals surface area contributed by atoms with Crippen molar-refractivity contribution in [3.8, 4) is 0 Å². The Labute approximate surface area is 100.0 Å². The van der Waals surface area contributed by atoms with Gasteiger partial charge < -0.3 is 15.7 Å². The van der Waals surface area contributed by atoms with Crippen molar-refractivity contribution in [1.82, 2.24) is 9.36 Å². The summed E-state index contributed by atoms with van der Waals surface area (Å²) < 4.78 is 25.1. The summed E-state index contributed by atoms with van der Waals surface area (Å²) in [5.41, 5.74) is 4.67. The van der Waals surface area contributed by atoms with Crippen LogP contribution in [0.5, 0.6) is 0 Å². The minimum atomic E-state index is -3.41. The first-order valence-corrected chi connectivity index (χ1v) is 6.83. The van der Waals surface area contributed by atoms with Gasteiger partial charge in [-0.1, -0.05) is 5.16 Å². The maximum Gasteiger partial charge on any atom is 0.362 e. The van der Waals surface area contributed by atoms with Crippen molar-refractivity contribution in [2.75, 3.05) is 17.9 Å². The van der Waals surface area contributed by atoms with Crippen LogP contribution in [0.3, 0.4) is 0 Å². The van der Waals surface area contributed by atoms with E-state index in [1.807, 2.05) is 0 Å². The van der Waals surface area contributed by atoms with Gasteiger partial charge in [-0.25, -0.2) is 13.2 Å². The average molecular weight is 280 g/mol. The van der Waals surface area contributed by atoms with Crippen LogP contribution in [-0.4, -0.2) is 46.8 Å². The zero-order chi connectivity index (χ0) is 13.1. The van der Waals surface area contributed by atoms with E-state index in [9.17, 15) is 13.2 Å². The van der Waals surface area contributed by atoms with Gasteiger partial charge in [0.2, 0.25) is 17.5 Å². The molecule has 17 heavy (non-hydrogen) atoms. The Hall–Kier alpha value is -1.75. The van der Waals surface area contributed by atoms with Gasteiger partial charge in [0.1, 0.15) is 0 Å². The molecule has 0 atom stereocenters. The molecule has 1 heterocycles. The van der Waals surface area contributed by atoms with Gasteiger partial charge in [-0.3, -0.25) is 0 Å². The summed E-state index contributed by atoms with van der Waals surface area (Å²) in [6.07, 6.45) is 0.919. The number of carbonyl (C=O) groups is 1. The lowest BCUT2D eigenvalue weighted by Crippen LogP contribution is -2.17. The predicted molar refractivity (Wildman–Crippen MR) is 59.3 cm³/mol.